The quantitative estimate of drug-likeness (QED) is 0.838. The van der Waals surface area contributed by atoms with Gasteiger partial charge in [0.2, 0.25) is 0 Å². The first-order valence-electron chi connectivity index (χ1n) is 6.22. The number of hydrogen-bond donors (Lipinski definition) is 2. The Labute approximate surface area is 107 Å². The largest absolute Gasteiger partial charge is 0.465 e. The lowest BCUT2D eigenvalue weighted by molar-refractivity contribution is 0.142. The molecule has 18 heavy (non-hydrogen) atoms. The first-order valence-corrected chi connectivity index (χ1v) is 6.22. The van der Waals surface area contributed by atoms with Gasteiger partial charge in [-0.2, -0.15) is 0 Å². The van der Waals surface area contributed by atoms with Crippen LogP contribution in [0.2, 0.25) is 0 Å². The predicted molar refractivity (Wildman–Crippen MR) is 71.0 cm³/mol. The fraction of sp³-hybridized carbons (Fsp3) is 0.462. The van der Waals surface area contributed by atoms with Crippen molar-refractivity contribution in [2.24, 2.45) is 5.73 Å². The molecular formula is C13H19N3O2. The minimum absolute atomic E-state index is 0.569. The molecule has 1 aromatic rings. The van der Waals surface area contributed by atoms with Gasteiger partial charge in [0.05, 0.1) is 0 Å². The van der Waals surface area contributed by atoms with Crippen LogP contribution in [-0.2, 0) is 6.42 Å². The molecule has 1 aliphatic heterocycles. The van der Waals surface area contributed by atoms with Gasteiger partial charge in [0, 0.05) is 31.9 Å². The molecule has 1 aliphatic rings. The van der Waals surface area contributed by atoms with Crippen molar-refractivity contribution in [2.75, 3.05) is 37.6 Å². The van der Waals surface area contributed by atoms with Crippen LogP contribution < -0.4 is 10.6 Å². The maximum atomic E-state index is 10.8. The molecule has 5 nitrogen and oxygen atoms in total. The Morgan fingerprint density at radius 2 is 1.78 bits per heavy atom. The van der Waals surface area contributed by atoms with Gasteiger partial charge in [0.15, 0.2) is 0 Å². The van der Waals surface area contributed by atoms with Crippen LogP contribution in [0.15, 0.2) is 24.3 Å². The summed E-state index contributed by atoms with van der Waals surface area (Å²) in [5.74, 6) is 0. The van der Waals surface area contributed by atoms with Crippen molar-refractivity contribution in [3.8, 4) is 0 Å². The van der Waals surface area contributed by atoms with Crippen molar-refractivity contribution in [3.63, 3.8) is 0 Å². The molecule has 0 bridgehead atoms. The normalized spacial score (nSPS) is 15.8. The number of carbonyl (C=O) groups is 1. The van der Waals surface area contributed by atoms with Gasteiger partial charge in [0.1, 0.15) is 0 Å². The van der Waals surface area contributed by atoms with E-state index in [1.54, 1.807) is 0 Å². The van der Waals surface area contributed by atoms with Crippen molar-refractivity contribution < 1.29 is 9.90 Å². The van der Waals surface area contributed by atoms with Crippen LogP contribution >= 0.6 is 0 Å². The molecule has 0 aliphatic carbocycles. The van der Waals surface area contributed by atoms with E-state index in [0.717, 1.165) is 25.2 Å². The molecule has 0 radical (unpaired) electrons. The summed E-state index contributed by atoms with van der Waals surface area (Å²) in [5.41, 5.74) is 7.91. The number of hydrogen-bond acceptors (Lipinski definition) is 3. The molecule has 3 N–H and O–H groups in total. The third-order valence-corrected chi connectivity index (χ3v) is 3.28. The van der Waals surface area contributed by atoms with E-state index in [1.807, 2.05) is 0 Å². The van der Waals surface area contributed by atoms with Crippen molar-refractivity contribution >= 4 is 11.8 Å². The van der Waals surface area contributed by atoms with E-state index in [9.17, 15) is 4.79 Å². The van der Waals surface area contributed by atoms with Gasteiger partial charge in [-0.05, 0) is 30.7 Å². The molecular weight excluding hydrogens is 230 g/mol. The molecule has 0 spiro atoms. The van der Waals surface area contributed by atoms with Crippen LogP contribution in [0, 0.1) is 0 Å². The van der Waals surface area contributed by atoms with Crippen molar-refractivity contribution in [2.45, 2.75) is 6.42 Å². The van der Waals surface area contributed by atoms with Crippen LogP contribution in [-0.4, -0.2) is 48.8 Å². The summed E-state index contributed by atoms with van der Waals surface area (Å²) in [5, 5.41) is 8.89. The summed E-state index contributed by atoms with van der Waals surface area (Å²) in [6, 6.07) is 8.35. The summed E-state index contributed by atoms with van der Waals surface area (Å²) >= 11 is 0. The molecule has 1 aromatic carbocycles. The number of nitrogens with zero attached hydrogens (tertiary/aromatic N) is 2. The first-order chi connectivity index (χ1) is 8.70. The summed E-state index contributed by atoms with van der Waals surface area (Å²) < 4.78 is 0. The zero-order valence-corrected chi connectivity index (χ0v) is 10.4. The van der Waals surface area contributed by atoms with Crippen molar-refractivity contribution in [1.82, 2.24) is 4.90 Å². The monoisotopic (exact) mass is 249 g/mol. The average molecular weight is 249 g/mol. The van der Waals surface area contributed by atoms with Gasteiger partial charge >= 0.3 is 6.09 Å². The van der Waals surface area contributed by atoms with Gasteiger partial charge in [-0.15, -0.1) is 0 Å². The Balaban J connectivity index is 1.95. The second kappa shape index (κ2) is 5.73. The molecule has 1 saturated heterocycles. The zero-order chi connectivity index (χ0) is 13.0. The minimum Gasteiger partial charge on any atom is -0.465 e. The molecule has 2 rings (SSSR count). The highest BCUT2D eigenvalue weighted by Gasteiger charge is 2.20. The molecule has 1 amide bonds. The number of nitrogens with two attached hydrogens (primary N) is 1. The van der Waals surface area contributed by atoms with E-state index in [2.05, 4.69) is 29.2 Å². The number of amides is 1. The predicted octanol–water partition coefficient (Wildman–Crippen LogP) is 0.988. The second-order valence-corrected chi connectivity index (χ2v) is 4.46. The van der Waals surface area contributed by atoms with E-state index in [1.165, 1.54) is 10.5 Å². The molecule has 0 aromatic heterocycles. The lowest BCUT2D eigenvalue weighted by atomic mass is 10.1. The number of piperazine rings is 1. The van der Waals surface area contributed by atoms with Crippen LogP contribution in [0.5, 0.6) is 0 Å². The van der Waals surface area contributed by atoms with Crippen molar-refractivity contribution in [1.29, 1.82) is 0 Å². The molecule has 1 fully saturated rings. The van der Waals surface area contributed by atoms with Crippen LogP contribution in [0.1, 0.15) is 5.56 Å². The van der Waals surface area contributed by atoms with E-state index in [-0.39, 0.29) is 0 Å². The van der Waals surface area contributed by atoms with Crippen molar-refractivity contribution in [3.05, 3.63) is 29.8 Å². The maximum Gasteiger partial charge on any atom is 0.407 e. The Kier molecular flexibility index (Phi) is 4.04. The van der Waals surface area contributed by atoms with Gasteiger partial charge in [-0.3, -0.25) is 0 Å². The van der Waals surface area contributed by atoms with E-state index in [0.29, 0.717) is 19.6 Å². The fourth-order valence-electron chi connectivity index (χ4n) is 2.20. The highest BCUT2D eigenvalue weighted by molar-refractivity contribution is 5.65. The minimum atomic E-state index is -0.826. The molecule has 0 atom stereocenters. The molecule has 5 heteroatoms. The highest BCUT2D eigenvalue weighted by Crippen LogP contribution is 2.17. The summed E-state index contributed by atoms with van der Waals surface area (Å²) in [7, 11) is 0. The topological polar surface area (TPSA) is 69.8 Å². The first kappa shape index (κ1) is 12.7. The van der Waals surface area contributed by atoms with Crippen LogP contribution in [0.25, 0.3) is 0 Å². The standard InChI is InChI=1S/C13H19N3O2/c14-6-5-11-1-3-12(4-2-11)15-7-9-16(10-8-15)13(17)18/h1-4H,5-10,14H2,(H,17,18). The van der Waals surface area contributed by atoms with Gasteiger partial charge in [-0.1, -0.05) is 12.1 Å². The Morgan fingerprint density at radius 1 is 1.17 bits per heavy atom. The smallest absolute Gasteiger partial charge is 0.407 e. The number of rotatable bonds is 3. The third-order valence-electron chi connectivity index (χ3n) is 3.28. The number of benzene rings is 1. The number of carboxylic acid groups (broad SMARTS) is 1. The van der Waals surface area contributed by atoms with Gasteiger partial charge in [-0.25, -0.2) is 4.79 Å². The van der Waals surface area contributed by atoms with E-state index >= 15 is 0 Å². The van der Waals surface area contributed by atoms with Gasteiger partial charge in [0.25, 0.3) is 0 Å². The molecule has 0 unspecified atom stereocenters. The molecule has 0 saturated carbocycles. The fourth-order valence-corrected chi connectivity index (χ4v) is 2.20. The van der Waals surface area contributed by atoms with Gasteiger partial charge < -0.3 is 20.6 Å². The maximum absolute atomic E-state index is 10.8. The van der Waals surface area contributed by atoms with Crippen LogP contribution in [0.3, 0.4) is 0 Å². The second-order valence-electron chi connectivity index (χ2n) is 4.46. The van der Waals surface area contributed by atoms with E-state index in [4.69, 9.17) is 10.8 Å². The summed E-state index contributed by atoms with van der Waals surface area (Å²) in [6.45, 7) is 3.31. The van der Waals surface area contributed by atoms with Crippen LogP contribution in [0.4, 0.5) is 10.5 Å². The molecule has 1 heterocycles. The lowest BCUT2D eigenvalue weighted by Crippen LogP contribution is -2.48. The lowest BCUT2D eigenvalue weighted by Gasteiger charge is -2.34. The Bertz CT molecular complexity index is 397. The average Bonchev–Trinajstić information content (AvgIpc) is 2.40. The summed E-state index contributed by atoms with van der Waals surface area (Å²) in [6.07, 6.45) is 0.0699. The number of anilines is 1. The molecule has 98 valence electrons. The highest BCUT2D eigenvalue weighted by atomic mass is 16.4. The third kappa shape index (κ3) is 2.92. The van der Waals surface area contributed by atoms with E-state index < -0.39 is 6.09 Å². The SMILES string of the molecule is NCCc1ccc(N2CCN(C(=O)O)CC2)cc1. The summed E-state index contributed by atoms with van der Waals surface area (Å²) in [4.78, 5) is 14.5. The Hall–Kier alpha value is -1.75. The Morgan fingerprint density at radius 3 is 2.28 bits per heavy atom. The zero-order valence-electron chi connectivity index (χ0n) is 10.4.